The summed E-state index contributed by atoms with van der Waals surface area (Å²) in [7, 11) is -3.30. The third kappa shape index (κ3) is 2.88. The second kappa shape index (κ2) is 5.57. The Morgan fingerprint density at radius 2 is 2.26 bits per heavy atom. The van der Waals surface area contributed by atoms with E-state index in [1.807, 2.05) is 0 Å². The van der Waals surface area contributed by atoms with Crippen molar-refractivity contribution in [3.63, 3.8) is 0 Å². The Morgan fingerprint density at radius 1 is 1.52 bits per heavy atom. The van der Waals surface area contributed by atoms with E-state index in [0.717, 1.165) is 0 Å². The van der Waals surface area contributed by atoms with Crippen LogP contribution in [-0.4, -0.2) is 72.7 Å². The van der Waals surface area contributed by atoms with Gasteiger partial charge in [0.1, 0.15) is 6.26 Å². The van der Waals surface area contributed by atoms with Gasteiger partial charge >= 0.3 is 0 Å². The molecule has 0 bridgehead atoms. The standard InChI is InChI=1S/C14H21N3O5S/c1-10-15-12(6-22-10)13(19)16-4-3-11-5-17(23(2,20)21)8-14(11,7-16)9-18/h6,11,18H,3-5,7-9H2,1-2H3. The number of amides is 1. The van der Waals surface area contributed by atoms with E-state index in [0.29, 0.717) is 31.9 Å². The van der Waals surface area contributed by atoms with E-state index in [9.17, 15) is 18.3 Å². The molecule has 1 amide bonds. The van der Waals surface area contributed by atoms with Crippen LogP contribution in [0.5, 0.6) is 0 Å². The highest BCUT2D eigenvalue weighted by molar-refractivity contribution is 7.88. The molecule has 0 spiro atoms. The lowest BCUT2D eigenvalue weighted by Crippen LogP contribution is -2.52. The maximum Gasteiger partial charge on any atom is 0.275 e. The molecular weight excluding hydrogens is 322 g/mol. The van der Waals surface area contributed by atoms with Crippen LogP contribution in [0.3, 0.4) is 0 Å². The number of sulfonamides is 1. The van der Waals surface area contributed by atoms with E-state index in [2.05, 4.69) is 4.98 Å². The highest BCUT2D eigenvalue weighted by Gasteiger charge is 2.52. The second-order valence-electron chi connectivity index (χ2n) is 6.54. The number of aromatic nitrogens is 1. The molecule has 23 heavy (non-hydrogen) atoms. The minimum atomic E-state index is -3.30. The molecule has 1 aromatic heterocycles. The summed E-state index contributed by atoms with van der Waals surface area (Å²) in [5.41, 5.74) is -0.359. The summed E-state index contributed by atoms with van der Waals surface area (Å²) in [5, 5.41) is 9.92. The van der Waals surface area contributed by atoms with Crippen molar-refractivity contribution in [1.29, 1.82) is 0 Å². The highest BCUT2D eigenvalue weighted by atomic mass is 32.2. The van der Waals surface area contributed by atoms with Crippen LogP contribution in [-0.2, 0) is 10.0 Å². The van der Waals surface area contributed by atoms with Crippen molar-refractivity contribution in [2.75, 3.05) is 39.0 Å². The fourth-order valence-corrected chi connectivity index (χ4v) is 4.55. The number of hydrogen-bond acceptors (Lipinski definition) is 6. The maximum atomic E-state index is 12.5. The predicted octanol–water partition coefficient (Wildman–Crippen LogP) is -0.301. The topological polar surface area (TPSA) is 104 Å². The summed E-state index contributed by atoms with van der Waals surface area (Å²) < 4.78 is 30.1. The number of carbonyl (C=O) groups is 1. The Labute approximate surface area is 135 Å². The van der Waals surface area contributed by atoms with Crippen molar-refractivity contribution in [3.8, 4) is 0 Å². The molecule has 8 nitrogen and oxygen atoms in total. The van der Waals surface area contributed by atoms with Crippen molar-refractivity contribution in [1.82, 2.24) is 14.2 Å². The molecule has 3 rings (SSSR count). The molecular formula is C14H21N3O5S. The lowest BCUT2D eigenvalue weighted by Gasteiger charge is -2.42. The molecule has 0 saturated carbocycles. The van der Waals surface area contributed by atoms with Crippen molar-refractivity contribution >= 4 is 15.9 Å². The normalized spacial score (nSPS) is 28.8. The lowest BCUT2D eigenvalue weighted by molar-refractivity contribution is 0.0126. The van der Waals surface area contributed by atoms with Crippen molar-refractivity contribution < 1.29 is 22.7 Å². The van der Waals surface area contributed by atoms with E-state index in [-0.39, 0.29) is 30.7 Å². The van der Waals surface area contributed by atoms with Gasteiger partial charge in [-0.3, -0.25) is 4.79 Å². The summed E-state index contributed by atoms with van der Waals surface area (Å²) in [4.78, 5) is 18.2. The van der Waals surface area contributed by atoms with Gasteiger partial charge in [-0.05, 0) is 12.3 Å². The number of hydrogen-bond donors (Lipinski definition) is 1. The number of carbonyl (C=O) groups excluding carboxylic acids is 1. The number of fused-ring (bicyclic) bond motifs is 1. The Kier molecular flexibility index (Phi) is 3.97. The zero-order chi connectivity index (χ0) is 16.8. The van der Waals surface area contributed by atoms with Gasteiger partial charge in [-0.2, -0.15) is 0 Å². The number of oxazole rings is 1. The van der Waals surface area contributed by atoms with Crippen LogP contribution in [0.15, 0.2) is 10.7 Å². The number of aryl methyl sites for hydroxylation is 1. The summed E-state index contributed by atoms with van der Waals surface area (Å²) in [6.07, 6.45) is 3.17. The molecule has 2 aliphatic heterocycles. The summed E-state index contributed by atoms with van der Waals surface area (Å²) in [6, 6.07) is 0. The number of aliphatic hydroxyl groups is 1. The van der Waals surface area contributed by atoms with Gasteiger partial charge < -0.3 is 14.4 Å². The van der Waals surface area contributed by atoms with Crippen LogP contribution in [0.4, 0.5) is 0 Å². The van der Waals surface area contributed by atoms with Gasteiger partial charge in [-0.15, -0.1) is 0 Å². The Bertz CT molecular complexity index is 716. The predicted molar refractivity (Wildman–Crippen MR) is 81.2 cm³/mol. The fraction of sp³-hybridized carbons (Fsp3) is 0.714. The largest absolute Gasteiger partial charge is 0.448 e. The molecule has 0 radical (unpaired) electrons. The van der Waals surface area contributed by atoms with Crippen LogP contribution in [0, 0.1) is 18.3 Å². The summed E-state index contributed by atoms with van der Waals surface area (Å²) in [6.45, 7) is 3.02. The van der Waals surface area contributed by atoms with Crippen LogP contribution in [0.25, 0.3) is 0 Å². The molecule has 2 unspecified atom stereocenters. The first-order valence-corrected chi connectivity index (χ1v) is 9.37. The van der Waals surface area contributed by atoms with E-state index >= 15 is 0 Å². The molecule has 0 aliphatic carbocycles. The van der Waals surface area contributed by atoms with Gasteiger partial charge in [0.05, 0.1) is 12.9 Å². The third-order valence-corrected chi connectivity index (χ3v) is 6.16. The van der Waals surface area contributed by atoms with Crippen LogP contribution >= 0.6 is 0 Å². The average Bonchev–Trinajstić information content (AvgIpc) is 3.09. The minimum absolute atomic E-state index is 0.0605. The summed E-state index contributed by atoms with van der Waals surface area (Å²) in [5.74, 6) is 0.237. The zero-order valence-corrected chi connectivity index (χ0v) is 14.0. The molecule has 0 aromatic carbocycles. The Balaban J connectivity index is 1.81. The Hall–Kier alpha value is -1.45. The monoisotopic (exact) mass is 343 g/mol. The molecule has 2 fully saturated rings. The van der Waals surface area contributed by atoms with Gasteiger partial charge in [0.15, 0.2) is 11.6 Å². The number of rotatable bonds is 3. The van der Waals surface area contributed by atoms with Crippen molar-refractivity contribution in [3.05, 3.63) is 17.8 Å². The second-order valence-corrected chi connectivity index (χ2v) is 8.52. The lowest BCUT2D eigenvalue weighted by atomic mass is 9.74. The van der Waals surface area contributed by atoms with E-state index in [1.54, 1.807) is 11.8 Å². The first-order chi connectivity index (χ1) is 10.7. The molecule has 2 saturated heterocycles. The average molecular weight is 343 g/mol. The summed E-state index contributed by atoms with van der Waals surface area (Å²) >= 11 is 0. The molecule has 9 heteroatoms. The quantitative estimate of drug-likeness (QED) is 0.808. The number of piperidine rings is 1. The Morgan fingerprint density at radius 3 is 2.83 bits per heavy atom. The zero-order valence-electron chi connectivity index (χ0n) is 13.2. The fourth-order valence-electron chi connectivity index (χ4n) is 3.61. The third-order valence-electron chi connectivity index (χ3n) is 4.94. The number of likely N-dealkylation sites (tertiary alicyclic amines) is 1. The van der Waals surface area contributed by atoms with Gasteiger partial charge in [0, 0.05) is 38.5 Å². The molecule has 1 N–H and O–H groups in total. The molecule has 2 aliphatic rings. The highest BCUT2D eigenvalue weighted by Crippen LogP contribution is 2.42. The van der Waals surface area contributed by atoms with E-state index in [4.69, 9.17) is 4.42 Å². The van der Waals surface area contributed by atoms with Crippen molar-refractivity contribution in [2.24, 2.45) is 11.3 Å². The smallest absolute Gasteiger partial charge is 0.275 e. The van der Waals surface area contributed by atoms with Gasteiger partial charge in [-0.1, -0.05) is 0 Å². The first kappa shape index (κ1) is 16.4. The van der Waals surface area contributed by atoms with Gasteiger partial charge in [0.2, 0.25) is 10.0 Å². The molecule has 128 valence electrons. The van der Waals surface area contributed by atoms with Crippen LogP contribution in [0.1, 0.15) is 22.8 Å². The molecule has 1 aromatic rings. The van der Waals surface area contributed by atoms with Gasteiger partial charge in [0.25, 0.3) is 5.91 Å². The maximum absolute atomic E-state index is 12.5. The minimum Gasteiger partial charge on any atom is -0.448 e. The SMILES string of the molecule is Cc1nc(C(=O)N2CCC3CN(S(C)(=O)=O)CC3(CO)C2)co1. The van der Waals surface area contributed by atoms with Crippen LogP contribution in [0.2, 0.25) is 0 Å². The number of nitrogens with zero attached hydrogens (tertiary/aromatic N) is 3. The van der Waals surface area contributed by atoms with Gasteiger partial charge in [-0.25, -0.2) is 17.7 Å². The number of aliphatic hydroxyl groups excluding tert-OH is 1. The van der Waals surface area contributed by atoms with E-state index in [1.165, 1.54) is 16.8 Å². The van der Waals surface area contributed by atoms with Crippen molar-refractivity contribution in [2.45, 2.75) is 13.3 Å². The van der Waals surface area contributed by atoms with E-state index < -0.39 is 15.4 Å². The first-order valence-electron chi connectivity index (χ1n) is 7.52. The van der Waals surface area contributed by atoms with Crippen LogP contribution < -0.4 is 0 Å². The molecule has 3 heterocycles. The molecule has 2 atom stereocenters.